The van der Waals surface area contributed by atoms with E-state index in [1.807, 2.05) is 13.2 Å². The first-order chi connectivity index (χ1) is 15.3. The molecule has 174 valence electrons. The van der Waals surface area contributed by atoms with Gasteiger partial charge in [0, 0.05) is 52.1 Å². The molecule has 0 aliphatic carbocycles. The molecule has 1 atom stereocenters. The molecule has 4 heterocycles. The number of halogens is 3. The number of nitrogens with zero attached hydrogens (tertiary/aromatic N) is 7. The molecule has 10 nitrogen and oxygen atoms in total. The first-order valence-electron chi connectivity index (χ1n) is 10.2. The third-order valence-electron chi connectivity index (χ3n) is 5.03. The van der Waals surface area contributed by atoms with E-state index in [-0.39, 0.29) is 11.2 Å². The highest BCUT2D eigenvalue weighted by molar-refractivity contribution is 5.83. The smallest absolute Gasteiger partial charge is 0.383 e. The van der Waals surface area contributed by atoms with Crippen molar-refractivity contribution in [3.8, 4) is 0 Å². The van der Waals surface area contributed by atoms with E-state index in [9.17, 15) is 13.2 Å². The van der Waals surface area contributed by atoms with Crippen molar-refractivity contribution in [1.82, 2.24) is 34.2 Å². The summed E-state index contributed by atoms with van der Waals surface area (Å²) in [4.78, 5) is 15.3. The average Bonchev–Trinajstić information content (AvgIpc) is 3.33. The minimum Gasteiger partial charge on any atom is -0.383 e. The second-order valence-corrected chi connectivity index (χ2v) is 7.63. The third-order valence-corrected chi connectivity index (χ3v) is 5.03. The lowest BCUT2D eigenvalue weighted by Gasteiger charge is -2.32. The molecule has 13 heteroatoms. The molecule has 0 aromatic carbocycles. The van der Waals surface area contributed by atoms with Crippen LogP contribution in [0.3, 0.4) is 0 Å². The molecular formula is C19H25F3N8O2. The van der Waals surface area contributed by atoms with Crippen molar-refractivity contribution in [3.05, 3.63) is 30.1 Å². The predicted octanol–water partition coefficient (Wildman–Crippen LogP) is 1.75. The maximum atomic E-state index is 13.0. The molecule has 0 radical (unpaired) electrons. The minimum atomic E-state index is -4.40. The second kappa shape index (κ2) is 9.38. The van der Waals surface area contributed by atoms with Gasteiger partial charge in [-0.15, -0.1) is 0 Å². The molecule has 4 rings (SSSR count). The van der Waals surface area contributed by atoms with Gasteiger partial charge >= 0.3 is 6.18 Å². The van der Waals surface area contributed by atoms with E-state index in [0.717, 1.165) is 23.0 Å². The monoisotopic (exact) mass is 454 g/mol. The lowest BCUT2D eigenvalue weighted by Crippen LogP contribution is -2.38. The van der Waals surface area contributed by atoms with Crippen molar-refractivity contribution in [1.29, 1.82) is 0 Å². The molecule has 1 aliphatic rings. The number of rotatable bonds is 8. The van der Waals surface area contributed by atoms with Crippen molar-refractivity contribution in [3.63, 3.8) is 0 Å². The first kappa shape index (κ1) is 22.4. The van der Waals surface area contributed by atoms with Crippen LogP contribution in [-0.4, -0.2) is 80.3 Å². The van der Waals surface area contributed by atoms with Gasteiger partial charge in [0.2, 0.25) is 0 Å². The Labute approximate surface area is 182 Å². The molecule has 3 aromatic heterocycles. The van der Waals surface area contributed by atoms with E-state index in [1.165, 1.54) is 0 Å². The standard InChI is InChI=1S/C19H25F3N8O2/c1-28-8-13(7-25-28)9-29-4-6-32-14(10-29)16-26-17(23-3-5-31-2)15-18(27-16)30(12-24-15)11-19(20,21)22/h7-8,12,14H,3-6,9-11H2,1-2H3,(H,23,26,27). The van der Waals surface area contributed by atoms with Crippen LogP contribution < -0.4 is 5.32 Å². The van der Waals surface area contributed by atoms with E-state index < -0.39 is 18.8 Å². The SMILES string of the molecule is COCCNc1nc(C2CN(Cc3cnn(C)c3)CCO2)nc2c1ncn2CC(F)(F)F. The molecule has 1 unspecified atom stereocenters. The zero-order valence-corrected chi connectivity index (χ0v) is 17.8. The number of ether oxygens (including phenoxy) is 2. The lowest BCUT2D eigenvalue weighted by atomic mass is 10.2. The predicted molar refractivity (Wildman–Crippen MR) is 109 cm³/mol. The molecule has 0 spiro atoms. The number of fused-ring (bicyclic) bond motifs is 1. The fourth-order valence-corrected chi connectivity index (χ4v) is 3.62. The highest BCUT2D eigenvalue weighted by Gasteiger charge is 2.31. The van der Waals surface area contributed by atoms with E-state index in [4.69, 9.17) is 9.47 Å². The van der Waals surface area contributed by atoms with Gasteiger partial charge in [-0.1, -0.05) is 0 Å². The zero-order valence-electron chi connectivity index (χ0n) is 17.8. The normalized spacial score (nSPS) is 17.8. The van der Waals surface area contributed by atoms with Crippen LogP contribution in [0.2, 0.25) is 0 Å². The van der Waals surface area contributed by atoms with Crippen molar-refractivity contribution < 1.29 is 22.6 Å². The van der Waals surface area contributed by atoms with Crippen LogP contribution in [0.1, 0.15) is 17.5 Å². The van der Waals surface area contributed by atoms with Gasteiger partial charge in [0.25, 0.3) is 0 Å². The molecule has 0 bridgehead atoms. The van der Waals surface area contributed by atoms with Gasteiger partial charge in [0.15, 0.2) is 17.3 Å². The molecule has 3 aromatic rings. The van der Waals surface area contributed by atoms with Crippen LogP contribution in [0.25, 0.3) is 11.2 Å². The summed E-state index contributed by atoms with van der Waals surface area (Å²) in [6, 6.07) is 0. The number of alkyl halides is 3. The molecule has 1 N–H and O–H groups in total. The second-order valence-electron chi connectivity index (χ2n) is 7.63. The summed E-state index contributed by atoms with van der Waals surface area (Å²) in [5.41, 5.74) is 1.45. The number of aromatic nitrogens is 6. The highest BCUT2D eigenvalue weighted by atomic mass is 19.4. The quantitative estimate of drug-likeness (QED) is 0.515. The molecule has 0 amide bonds. The summed E-state index contributed by atoms with van der Waals surface area (Å²) in [6.45, 7) is 2.01. The van der Waals surface area contributed by atoms with E-state index in [1.54, 1.807) is 18.0 Å². The molecule has 1 fully saturated rings. The average molecular weight is 454 g/mol. The van der Waals surface area contributed by atoms with Gasteiger partial charge in [-0.05, 0) is 0 Å². The number of morpholine rings is 1. The van der Waals surface area contributed by atoms with Crippen LogP contribution >= 0.6 is 0 Å². The Balaban J connectivity index is 1.61. The van der Waals surface area contributed by atoms with Crippen molar-refractivity contribution in [2.24, 2.45) is 7.05 Å². The minimum absolute atomic E-state index is 0.111. The Bertz CT molecular complexity index is 1050. The van der Waals surface area contributed by atoms with Gasteiger partial charge in [-0.3, -0.25) is 9.58 Å². The first-order valence-corrected chi connectivity index (χ1v) is 10.2. The number of nitrogens with one attached hydrogen (secondary N) is 1. The summed E-state index contributed by atoms with van der Waals surface area (Å²) >= 11 is 0. The number of hydrogen-bond donors (Lipinski definition) is 1. The fraction of sp³-hybridized carbons (Fsp3) is 0.579. The lowest BCUT2D eigenvalue weighted by molar-refractivity contribution is -0.140. The Morgan fingerprint density at radius 2 is 2.16 bits per heavy atom. The number of hydrogen-bond acceptors (Lipinski definition) is 8. The fourth-order valence-electron chi connectivity index (χ4n) is 3.62. The number of imidazole rings is 1. The Morgan fingerprint density at radius 3 is 2.88 bits per heavy atom. The topological polar surface area (TPSA) is 95.2 Å². The van der Waals surface area contributed by atoms with E-state index in [2.05, 4.69) is 30.3 Å². The van der Waals surface area contributed by atoms with E-state index in [0.29, 0.717) is 44.5 Å². The van der Waals surface area contributed by atoms with Crippen LogP contribution in [-0.2, 0) is 29.6 Å². The third kappa shape index (κ3) is 5.34. The zero-order chi connectivity index (χ0) is 22.7. The molecule has 32 heavy (non-hydrogen) atoms. The van der Waals surface area contributed by atoms with E-state index >= 15 is 0 Å². The van der Waals surface area contributed by atoms with Gasteiger partial charge < -0.3 is 19.4 Å². The highest BCUT2D eigenvalue weighted by Crippen LogP contribution is 2.27. The maximum absolute atomic E-state index is 13.0. The summed E-state index contributed by atoms with van der Waals surface area (Å²) in [6.07, 6.45) is 0.00177. The molecule has 1 aliphatic heterocycles. The number of aryl methyl sites for hydroxylation is 1. The molecule has 0 saturated carbocycles. The van der Waals surface area contributed by atoms with Crippen molar-refractivity contribution in [2.75, 3.05) is 45.3 Å². The largest absolute Gasteiger partial charge is 0.406 e. The summed E-state index contributed by atoms with van der Waals surface area (Å²) < 4.78 is 52.8. The summed E-state index contributed by atoms with van der Waals surface area (Å²) in [5.74, 6) is 0.674. The maximum Gasteiger partial charge on any atom is 0.406 e. The van der Waals surface area contributed by atoms with Crippen LogP contribution in [0, 0.1) is 0 Å². The van der Waals surface area contributed by atoms with Gasteiger partial charge in [-0.2, -0.15) is 18.3 Å². The van der Waals surface area contributed by atoms with Crippen LogP contribution in [0.5, 0.6) is 0 Å². The van der Waals surface area contributed by atoms with Gasteiger partial charge in [0.1, 0.15) is 18.2 Å². The van der Waals surface area contributed by atoms with Crippen molar-refractivity contribution >= 4 is 17.0 Å². The van der Waals surface area contributed by atoms with Gasteiger partial charge in [0.05, 0.1) is 25.7 Å². The van der Waals surface area contributed by atoms with Crippen LogP contribution in [0.4, 0.5) is 19.0 Å². The molecular weight excluding hydrogens is 429 g/mol. The van der Waals surface area contributed by atoms with Crippen LogP contribution in [0.15, 0.2) is 18.7 Å². The number of anilines is 1. The Morgan fingerprint density at radius 1 is 1.31 bits per heavy atom. The Hall–Kier alpha value is -2.77. The number of methoxy groups -OCH3 is 1. The molecule has 1 saturated heterocycles. The summed E-state index contributed by atoms with van der Waals surface area (Å²) in [5, 5.41) is 7.27. The summed E-state index contributed by atoms with van der Waals surface area (Å²) in [7, 11) is 3.42. The van der Waals surface area contributed by atoms with Gasteiger partial charge in [-0.25, -0.2) is 15.0 Å². The Kier molecular flexibility index (Phi) is 6.58. The van der Waals surface area contributed by atoms with Crippen molar-refractivity contribution in [2.45, 2.75) is 25.4 Å².